The van der Waals surface area contributed by atoms with Gasteiger partial charge in [-0.25, -0.2) is 0 Å². The van der Waals surface area contributed by atoms with Crippen LogP contribution in [0.3, 0.4) is 0 Å². The minimum Gasteiger partial charge on any atom is -0.483 e. The van der Waals surface area contributed by atoms with Crippen molar-refractivity contribution in [1.29, 1.82) is 0 Å². The molecule has 1 aromatic carbocycles. The lowest BCUT2D eigenvalue weighted by Crippen LogP contribution is -2.54. The van der Waals surface area contributed by atoms with E-state index >= 15 is 0 Å². The molecule has 0 radical (unpaired) electrons. The van der Waals surface area contributed by atoms with Crippen LogP contribution in [0.25, 0.3) is 0 Å². The van der Waals surface area contributed by atoms with Gasteiger partial charge in [-0.1, -0.05) is 29.8 Å². The number of piperazine rings is 1. The summed E-state index contributed by atoms with van der Waals surface area (Å²) in [5.41, 5.74) is 1.98. The number of carboxylic acids is 1. The van der Waals surface area contributed by atoms with Gasteiger partial charge in [-0.3, -0.25) is 29.1 Å². The van der Waals surface area contributed by atoms with Gasteiger partial charge in [0.1, 0.15) is 6.04 Å². The first-order chi connectivity index (χ1) is 15.4. The fraction of sp³-hybridized carbons (Fsp3) is 0.591. The fourth-order valence-electron chi connectivity index (χ4n) is 4.35. The largest absolute Gasteiger partial charge is 0.483 e. The van der Waals surface area contributed by atoms with Crippen LogP contribution in [0.2, 0.25) is 0 Å². The summed E-state index contributed by atoms with van der Waals surface area (Å²) in [7, 11) is 0. The maximum atomic E-state index is 11.9. The summed E-state index contributed by atoms with van der Waals surface area (Å²) >= 11 is 0. The van der Waals surface area contributed by atoms with Crippen molar-refractivity contribution in [3.05, 3.63) is 35.4 Å². The molecule has 0 saturated carbocycles. The second-order valence-corrected chi connectivity index (χ2v) is 7.73. The third kappa shape index (κ3) is 8.91. The van der Waals surface area contributed by atoms with E-state index in [1.807, 2.05) is 31.2 Å². The molecule has 1 atom stereocenters. The summed E-state index contributed by atoms with van der Waals surface area (Å²) in [5, 5.41) is 32.6. The topological polar surface area (TPSA) is 142 Å². The predicted octanol–water partition coefficient (Wildman–Crippen LogP) is 0.597. The Hall–Kier alpha value is -2.53. The van der Waals surface area contributed by atoms with E-state index in [4.69, 9.17) is 24.9 Å². The number of benzene rings is 1. The van der Waals surface area contributed by atoms with Crippen molar-refractivity contribution in [1.82, 2.24) is 14.7 Å². The number of carboxylic acid groups (broad SMARTS) is 3. The van der Waals surface area contributed by atoms with Crippen molar-refractivity contribution in [2.75, 3.05) is 52.4 Å². The zero-order chi connectivity index (χ0) is 23.9. The van der Waals surface area contributed by atoms with Crippen LogP contribution in [0, 0.1) is 6.92 Å². The SMILES string of the molecule is Cc1cccc(C(C(=O)O)N2CCC(N3CCN(CCO)CC3)CC2)c1.O=CO.O=CO. The Morgan fingerprint density at radius 3 is 2.09 bits per heavy atom. The molecule has 180 valence electrons. The Labute approximate surface area is 188 Å². The van der Waals surface area contributed by atoms with E-state index in [2.05, 4.69) is 14.7 Å². The zero-order valence-electron chi connectivity index (χ0n) is 18.5. The van der Waals surface area contributed by atoms with Gasteiger partial charge in [-0.05, 0) is 25.3 Å². The first-order valence-electron chi connectivity index (χ1n) is 10.7. The molecular formula is C22H35N3O7. The number of hydrogen-bond acceptors (Lipinski definition) is 7. The molecule has 0 amide bonds. The Morgan fingerprint density at radius 2 is 1.62 bits per heavy atom. The third-order valence-corrected chi connectivity index (χ3v) is 5.80. The Morgan fingerprint density at radius 1 is 1.06 bits per heavy atom. The van der Waals surface area contributed by atoms with Gasteiger partial charge >= 0.3 is 5.97 Å². The van der Waals surface area contributed by atoms with Crippen LogP contribution in [0.4, 0.5) is 0 Å². The smallest absolute Gasteiger partial charge is 0.325 e. The lowest BCUT2D eigenvalue weighted by Gasteiger charge is -2.43. The second-order valence-electron chi connectivity index (χ2n) is 7.73. The summed E-state index contributed by atoms with van der Waals surface area (Å²) in [6.07, 6.45) is 2.05. The van der Waals surface area contributed by atoms with Gasteiger partial charge in [-0.2, -0.15) is 0 Å². The fourth-order valence-corrected chi connectivity index (χ4v) is 4.35. The normalized spacial score (nSPS) is 18.9. The van der Waals surface area contributed by atoms with Crippen molar-refractivity contribution < 1.29 is 34.8 Å². The molecule has 2 saturated heterocycles. The number of carbonyl (C=O) groups is 3. The van der Waals surface area contributed by atoms with Crippen molar-refractivity contribution in [3.63, 3.8) is 0 Å². The van der Waals surface area contributed by atoms with Crippen molar-refractivity contribution in [3.8, 4) is 0 Å². The number of likely N-dealkylation sites (tertiary alicyclic amines) is 1. The maximum Gasteiger partial charge on any atom is 0.325 e. The number of piperidine rings is 1. The molecule has 4 N–H and O–H groups in total. The summed E-state index contributed by atoms with van der Waals surface area (Å²) in [6, 6.07) is 7.88. The Kier molecular flexibility index (Phi) is 13.2. The van der Waals surface area contributed by atoms with Crippen LogP contribution < -0.4 is 0 Å². The van der Waals surface area contributed by atoms with E-state index < -0.39 is 12.0 Å². The Bertz CT molecular complexity index is 682. The van der Waals surface area contributed by atoms with Crippen LogP contribution in [-0.2, 0) is 14.4 Å². The van der Waals surface area contributed by atoms with Crippen LogP contribution in [0.1, 0.15) is 30.0 Å². The standard InChI is InChI=1S/C20H31N3O3.2CH2O2/c1-16-3-2-4-17(15-16)19(20(25)26)23-7-5-18(6-8-23)22-11-9-21(10-12-22)13-14-24;2*2-1-3/h2-4,15,18-19,24H,5-14H2,1H3,(H,25,26);2*1H,(H,2,3). The molecule has 2 heterocycles. The molecule has 2 aliphatic rings. The molecule has 1 unspecified atom stereocenters. The van der Waals surface area contributed by atoms with Gasteiger partial charge in [0.2, 0.25) is 0 Å². The van der Waals surface area contributed by atoms with Crippen molar-refractivity contribution in [2.45, 2.75) is 31.8 Å². The minimum absolute atomic E-state index is 0.230. The highest BCUT2D eigenvalue weighted by atomic mass is 16.4. The highest BCUT2D eigenvalue weighted by molar-refractivity contribution is 5.75. The van der Waals surface area contributed by atoms with Crippen LogP contribution >= 0.6 is 0 Å². The van der Waals surface area contributed by atoms with Gasteiger partial charge in [-0.15, -0.1) is 0 Å². The number of hydrogen-bond donors (Lipinski definition) is 4. The first-order valence-corrected chi connectivity index (χ1v) is 10.7. The Balaban J connectivity index is 0.000000769. The van der Waals surface area contributed by atoms with Crippen molar-refractivity contribution >= 4 is 18.9 Å². The molecule has 1 aromatic rings. The van der Waals surface area contributed by atoms with Crippen LogP contribution in [0.15, 0.2) is 24.3 Å². The molecule has 3 rings (SSSR count). The lowest BCUT2D eigenvalue weighted by molar-refractivity contribution is -0.144. The summed E-state index contributed by atoms with van der Waals surface area (Å²) in [5.74, 6) is -0.758. The maximum absolute atomic E-state index is 11.9. The highest BCUT2D eigenvalue weighted by Crippen LogP contribution is 2.27. The molecule has 32 heavy (non-hydrogen) atoms. The average Bonchev–Trinajstić information content (AvgIpc) is 2.76. The van der Waals surface area contributed by atoms with Crippen LogP contribution in [-0.4, -0.2) is 113 Å². The number of aliphatic hydroxyl groups is 1. The van der Waals surface area contributed by atoms with Gasteiger partial charge in [0.15, 0.2) is 0 Å². The quantitative estimate of drug-likeness (QED) is 0.452. The van der Waals surface area contributed by atoms with Crippen molar-refractivity contribution in [2.24, 2.45) is 0 Å². The summed E-state index contributed by atoms with van der Waals surface area (Å²) in [4.78, 5) is 35.6. The van der Waals surface area contributed by atoms with Crippen LogP contribution in [0.5, 0.6) is 0 Å². The zero-order valence-corrected chi connectivity index (χ0v) is 18.5. The molecule has 10 nitrogen and oxygen atoms in total. The summed E-state index contributed by atoms with van der Waals surface area (Å²) in [6.45, 7) is 8.28. The first kappa shape index (κ1) is 27.5. The van der Waals surface area contributed by atoms with E-state index in [0.29, 0.717) is 6.04 Å². The number of β-amino-alcohol motifs (C(OH)–C–C–N with tert-alkyl or cyclic N) is 1. The number of aliphatic hydroxyl groups excluding tert-OH is 1. The lowest BCUT2D eigenvalue weighted by atomic mass is 9.97. The average molecular weight is 454 g/mol. The minimum atomic E-state index is -0.758. The molecule has 0 bridgehead atoms. The summed E-state index contributed by atoms with van der Waals surface area (Å²) < 4.78 is 0. The molecule has 2 aliphatic heterocycles. The van der Waals surface area contributed by atoms with E-state index in [1.54, 1.807) is 0 Å². The van der Waals surface area contributed by atoms with Gasteiger partial charge in [0.25, 0.3) is 12.9 Å². The predicted molar refractivity (Wildman–Crippen MR) is 119 cm³/mol. The van der Waals surface area contributed by atoms with E-state index in [0.717, 1.165) is 69.8 Å². The molecule has 0 aliphatic carbocycles. The number of rotatable bonds is 6. The molecule has 0 spiro atoms. The van der Waals surface area contributed by atoms with E-state index in [-0.39, 0.29) is 19.6 Å². The molecule has 10 heteroatoms. The van der Waals surface area contributed by atoms with E-state index in [1.165, 1.54) is 0 Å². The highest BCUT2D eigenvalue weighted by Gasteiger charge is 2.33. The van der Waals surface area contributed by atoms with Gasteiger partial charge < -0.3 is 20.4 Å². The number of nitrogens with zero attached hydrogens (tertiary/aromatic N) is 3. The van der Waals surface area contributed by atoms with E-state index in [9.17, 15) is 9.90 Å². The third-order valence-electron chi connectivity index (χ3n) is 5.80. The molecular weight excluding hydrogens is 418 g/mol. The molecule has 0 aromatic heterocycles. The number of aryl methyl sites for hydroxylation is 1. The second kappa shape index (κ2) is 15.3. The molecule has 2 fully saturated rings. The van der Waals surface area contributed by atoms with Gasteiger partial charge in [0, 0.05) is 51.9 Å². The van der Waals surface area contributed by atoms with Gasteiger partial charge in [0.05, 0.1) is 6.61 Å². The monoisotopic (exact) mass is 453 g/mol. The number of aliphatic carboxylic acids is 1.